The quantitative estimate of drug-likeness (QED) is 0.0261. The zero-order chi connectivity index (χ0) is 59.2. The van der Waals surface area contributed by atoms with Crippen molar-refractivity contribution in [2.75, 3.05) is 13.2 Å². The Morgan fingerprint density at radius 2 is 0.476 bits per heavy atom. The Labute approximate surface area is 506 Å². The molecule has 1 atom stereocenters. The van der Waals surface area contributed by atoms with Gasteiger partial charge in [-0.1, -0.05) is 289 Å². The predicted octanol–water partition coefficient (Wildman–Crippen LogP) is 23.7. The van der Waals surface area contributed by atoms with Crippen molar-refractivity contribution in [2.45, 2.75) is 316 Å². The topological polar surface area (TPSA) is 78.9 Å². The van der Waals surface area contributed by atoms with Gasteiger partial charge < -0.3 is 14.2 Å². The molecule has 0 saturated heterocycles. The first-order chi connectivity index (χ1) is 40.5. The molecule has 0 aliphatic carbocycles. The van der Waals surface area contributed by atoms with Crippen LogP contribution in [0.15, 0.2) is 134 Å². The average Bonchev–Trinajstić information content (AvgIpc) is 3.47. The lowest BCUT2D eigenvalue weighted by Gasteiger charge is -2.18. The molecule has 0 rings (SSSR count). The summed E-state index contributed by atoms with van der Waals surface area (Å²) in [6, 6.07) is 0. The number of carbonyl (C=O) groups is 3. The van der Waals surface area contributed by atoms with E-state index >= 15 is 0 Å². The number of carbonyl (C=O) groups excluding carboxylic acids is 3. The molecule has 0 heterocycles. The summed E-state index contributed by atoms with van der Waals surface area (Å²) in [5, 5.41) is 0. The molecule has 0 fully saturated rings. The molecule has 1 unspecified atom stereocenters. The molecule has 0 radical (unpaired) electrons. The minimum atomic E-state index is -0.798. The van der Waals surface area contributed by atoms with Gasteiger partial charge in [0.2, 0.25) is 0 Å². The van der Waals surface area contributed by atoms with Crippen LogP contribution in [0.25, 0.3) is 0 Å². The third-order valence-electron chi connectivity index (χ3n) is 14.4. The first-order valence-corrected chi connectivity index (χ1v) is 34.2. The molecule has 466 valence electrons. The lowest BCUT2D eigenvalue weighted by atomic mass is 10.0. The van der Waals surface area contributed by atoms with Gasteiger partial charge in [-0.2, -0.15) is 0 Å². The van der Waals surface area contributed by atoms with Crippen molar-refractivity contribution in [1.29, 1.82) is 0 Å². The van der Waals surface area contributed by atoms with E-state index in [1.165, 1.54) is 122 Å². The van der Waals surface area contributed by atoms with E-state index in [4.69, 9.17) is 14.2 Å². The second-order valence-corrected chi connectivity index (χ2v) is 22.3. The average molecular weight is 1140 g/mol. The minimum absolute atomic E-state index is 0.0912. The van der Waals surface area contributed by atoms with E-state index < -0.39 is 6.10 Å². The van der Waals surface area contributed by atoms with Gasteiger partial charge in [0.15, 0.2) is 6.10 Å². The second-order valence-electron chi connectivity index (χ2n) is 22.3. The Kier molecular flexibility index (Phi) is 65.3. The lowest BCUT2D eigenvalue weighted by molar-refractivity contribution is -0.167. The van der Waals surface area contributed by atoms with E-state index in [-0.39, 0.29) is 31.1 Å². The monoisotopic (exact) mass is 1130 g/mol. The van der Waals surface area contributed by atoms with Crippen LogP contribution in [-0.2, 0) is 28.6 Å². The zero-order valence-electron chi connectivity index (χ0n) is 53.5. The Balaban J connectivity index is 4.34. The van der Waals surface area contributed by atoms with E-state index in [0.29, 0.717) is 19.3 Å². The predicted molar refractivity (Wildman–Crippen MR) is 357 cm³/mol. The van der Waals surface area contributed by atoms with Crippen molar-refractivity contribution in [3.05, 3.63) is 134 Å². The van der Waals surface area contributed by atoms with E-state index in [1.807, 2.05) is 0 Å². The first-order valence-electron chi connectivity index (χ1n) is 34.2. The van der Waals surface area contributed by atoms with Crippen LogP contribution in [-0.4, -0.2) is 37.2 Å². The lowest BCUT2D eigenvalue weighted by Crippen LogP contribution is -2.30. The highest BCUT2D eigenvalue weighted by Gasteiger charge is 2.19. The van der Waals surface area contributed by atoms with Gasteiger partial charge in [-0.05, 0) is 135 Å². The molecule has 82 heavy (non-hydrogen) atoms. The molecule has 0 aromatic rings. The molecule has 0 spiro atoms. The highest BCUT2D eigenvalue weighted by Crippen LogP contribution is 2.16. The van der Waals surface area contributed by atoms with E-state index in [0.717, 1.165) is 148 Å². The molecule has 0 amide bonds. The molecule has 6 heteroatoms. The number of unbranched alkanes of at least 4 members (excludes halogenated alkanes) is 28. The third kappa shape index (κ3) is 66.4. The van der Waals surface area contributed by atoms with Crippen LogP contribution in [0.4, 0.5) is 0 Å². The SMILES string of the molecule is CC/C=C\C/C=C\C/C=C\C/C=C\C/C=C\CCCCCCCCCCCCCCCC(=O)OCC(COC(=O)CCCCCCC/C=C\CCCCCCC)OC(=O)CCCCCCC/C=C\C/C=C\C/C=C\C/C=C\C/C=C\CC. The Morgan fingerprint density at radius 3 is 0.756 bits per heavy atom. The summed E-state index contributed by atoms with van der Waals surface area (Å²) in [5.41, 5.74) is 0. The van der Waals surface area contributed by atoms with Crippen LogP contribution in [0.1, 0.15) is 310 Å². The van der Waals surface area contributed by atoms with Crippen LogP contribution < -0.4 is 0 Å². The fourth-order valence-corrected chi connectivity index (χ4v) is 9.32. The summed E-state index contributed by atoms with van der Waals surface area (Å²) in [5.74, 6) is -0.913. The summed E-state index contributed by atoms with van der Waals surface area (Å²) in [4.78, 5) is 38.4. The van der Waals surface area contributed by atoms with Crippen LogP contribution in [0.3, 0.4) is 0 Å². The maximum atomic E-state index is 12.9. The van der Waals surface area contributed by atoms with E-state index in [9.17, 15) is 14.4 Å². The molecule has 0 N–H and O–H groups in total. The van der Waals surface area contributed by atoms with Gasteiger partial charge in [0, 0.05) is 19.3 Å². The highest BCUT2D eigenvalue weighted by molar-refractivity contribution is 5.71. The maximum Gasteiger partial charge on any atom is 0.306 e. The van der Waals surface area contributed by atoms with Crippen molar-refractivity contribution >= 4 is 17.9 Å². The third-order valence-corrected chi connectivity index (χ3v) is 14.4. The second kappa shape index (κ2) is 69.0. The Bertz CT molecular complexity index is 1730. The number of rotatable bonds is 61. The summed E-state index contributed by atoms with van der Waals surface area (Å²) in [6.45, 7) is 6.40. The standard InChI is InChI=1S/C76H126O6/c1-4-7-10-13-16-19-22-25-28-30-32-34-35-36-37-38-39-40-41-43-44-46-48-51-54-57-60-63-66-69-75(78)81-72-73(71-80-74(77)68-65-62-59-56-53-50-27-24-21-18-15-12-9-6-3)82-76(79)70-67-64-61-58-55-52-49-47-45-42-33-31-29-26-23-20-17-14-11-8-5-2/h7-8,10-11,16-17,19-20,24-29,32-34,36-37,42,47,49,73H,4-6,9,12-15,18,21-23,30-31,35,38-41,43-46,48,50-72H2,1-3H3/b10-7-,11-8-,19-16-,20-17-,27-24-,28-25-,29-26-,34-32-,37-36-,42-33-,49-47-. The number of allylic oxidation sites excluding steroid dienone is 22. The molecule has 6 nitrogen and oxygen atoms in total. The van der Waals surface area contributed by atoms with Crippen molar-refractivity contribution in [3.63, 3.8) is 0 Å². The van der Waals surface area contributed by atoms with Crippen LogP contribution in [0.2, 0.25) is 0 Å². The molecular formula is C76H126O6. The van der Waals surface area contributed by atoms with Crippen molar-refractivity contribution in [3.8, 4) is 0 Å². The summed E-state index contributed by atoms with van der Waals surface area (Å²) in [7, 11) is 0. The van der Waals surface area contributed by atoms with Crippen molar-refractivity contribution in [1.82, 2.24) is 0 Å². The summed E-state index contributed by atoms with van der Waals surface area (Å²) in [6.07, 6.45) is 97.5. The Morgan fingerprint density at radius 1 is 0.256 bits per heavy atom. The Hall–Kier alpha value is -4.45. The number of ether oxygens (including phenoxy) is 3. The van der Waals surface area contributed by atoms with Crippen LogP contribution in [0, 0.1) is 0 Å². The number of hydrogen-bond donors (Lipinski definition) is 0. The molecular weight excluding hydrogens is 1010 g/mol. The zero-order valence-corrected chi connectivity index (χ0v) is 53.5. The molecule has 0 saturated carbocycles. The largest absolute Gasteiger partial charge is 0.462 e. The van der Waals surface area contributed by atoms with Gasteiger partial charge in [-0.15, -0.1) is 0 Å². The van der Waals surface area contributed by atoms with Crippen LogP contribution >= 0.6 is 0 Å². The van der Waals surface area contributed by atoms with Gasteiger partial charge >= 0.3 is 17.9 Å². The molecule has 0 aromatic heterocycles. The molecule has 0 aromatic carbocycles. The van der Waals surface area contributed by atoms with Crippen molar-refractivity contribution < 1.29 is 28.6 Å². The molecule has 0 aliphatic heterocycles. The van der Waals surface area contributed by atoms with Gasteiger partial charge in [-0.25, -0.2) is 0 Å². The summed E-state index contributed by atoms with van der Waals surface area (Å²) < 4.78 is 16.9. The van der Waals surface area contributed by atoms with Crippen LogP contribution in [0.5, 0.6) is 0 Å². The minimum Gasteiger partial charge on any atom is -0.462 e. The van der Waals surface area contributed by atoms with Crippen molar-refractivity contribution in [2.24, 2.45) is 0 Å². The molecule has 0 bridgehead atoms. The number of hydrogen-bond acceptors (Lipinski definition) is 6. The number of esters is 3. The van der Waals surface area contributed by atoms with Gasteiger partial charge in [0.1, 0.15) is 13.2 Å². The van der Waals surface area contributed by atoms with E-state index in [2.05, 4.69) is 154 Å². The normalized spacial score (nSPS) is 13.0. The van der Waals surface area contributed by atoms with E-state index in [1.54, 1.807) is 0 Å². The summed E-state index contributed by atoms with van der Waals surface area (Å²) >= 11 is 0. The maximum absolute atomic E-state index is 12.9. The van der Waals surface area contributed by atoms with Gasteiger partial charge in [0.25, 0.3) is 0 Å². The first kappa shape index (κ1) is 77.5. The van der Waals surface area contributed by atoms with Gasteiger partial charge in [-0.3, -0.25) is 14.4 Å². The fraction of sp³-hybridized carbons (Fsp3) is 0.671. The van der Waals surface area contributed by atoms with Gasteiger partial charge in [0.05, 0.1) is 0 Å². The molecule has 0 aliphatic rings. The smallest absolute Gasteiger partial charge is 0.306 e. The fourth-order valence-electron chi connectivity index (χ4n) is 9.32. The highest BCUT2D eigenvalue weighted by atomic mass is 16.6.